The second-order valence-corrected chi connectivity index (χ2v) is 4.55. The Hall–Kier alpha value is -0.930. The first kappa shape index (κ1) is 11.6. The van der Waals surface area contributed by atoms with E-state index in [2.05, 4.69) is 15.9 Å². The van der Waals surface area contributed by atoms with Gasteiger partial charge in [-0.15, -0.1) is 0 Å². The highest BCUT2D eigenvalue weighted by atomic mass is 79.9. The minimum Gasteiger partial charge on any atom is -0.206 e. The minimum atomic E-state index is -0.639. The molecule has 0 saturated carbocycles. The van der Waals surface area contributed by atoms with Gasteiger partial charge in [0.1, 0.15) is 11.6 Å². The number of halogens is 4. The molecule has 0 aliphatic heterocycles. The molecule has 2 aromatic carbocycles. The van der Waals surface area contributed by atoms with Crippen molar-refractivity contribution in [3.8, 4) is 11.1 Å². The zero-order valence-electron chi connectivity index (χ0n) is 7.98. The summed E-state index contributed by atoms with van der Waals surface area (Å²) >= 11 is 8.92. The average Bonchev–Trinajstić information content (AvgIpc) is 2.19. The molecular weight excluding hydrogens is 297 g/mol. The molecule has 0 aliphatic rings. The van der Waals surface area contributed by atoms with Gasteiger partial charge in [-0.2, -0.15) is 0 Å². The standard InChI is InChI=1S/C12H6BrClF2/c13-7-5-10(15)12(11(16)6-7)8-3-1-2-4-9(8)14/h1-6H. The van der Waals surface area contributed by atoms with Crippen LogP contribution in [0.5, 0.6) is 0 Å². The molecule has 0 fully saturated rings. The highest BCUT2D eigenvalue weighted by Crippen LogP contribution is 2.33. The van der Waals surface area contributed by atoms with Gasteiger partial charge in [0.2, 0.25) is 0 Å². The Kier molecular flexibility index (Phi) is 3.26. The van der Waals surface area contributed by atoms with Crippen LogP contribution in [0.2, 0.25) is 5.02 Å². The molecular formula is C12H6BrClF2. The predicted octanol–water partition coefficient (Wildman–Crippen LogP) is 5.05. The molecule has 0 radical (unpaired) electrons. The van der Waals surface area contributed by atoms with E-state index in [1.165, 1.54) is 12.1 Å². The van der Waals surface area contributed by atoms with E-state index in [0.717, 1.165) is 0 Å². The third-order valence-electron chi connectivity index (χ3n) is 2.15. The summed E-state index contributed by atoms with van der Waals surface area (Å²) in [6, 6.07) is 8.99. The van der Waals surface area contributed by atoms with Gasteiger partial charge in [-0.3, -0.25) is 0 Å². The van der Waals surface area contributed by atoms with Gasteiger partial charge in [0.05, 0.1) is 5.56 Å². The molecule has 0 unspecified atom stereocenters. The molecule has 0 spiro atoms. The molecule has 0 N–H and O–H groups in total. The normalized spacial score (nSPS) is 10.5. The second-order valence-electron chi connectivity index (χ2n) is 3.22. The Morgan fingerprint density at radius 1 is 1.00 bits per heavy atom. The molecule has 0 bridgehead atoms. The van der Waals surface area contributed by atoms with Crippen molar-refractivity contribution in [1.82, 2.24) is 0 Å². The van der Waals surface area contributed by atoms with Crippen molar-refractivity contribution in [1.29, 1.82) is 0 Å². The van der Waals surface area contributed by atoms with Gasteiger partial charge in [0.25, 0.3) is 0 Å². The summed E-state index contributed by atoms with van der Waals surface area (Å²) in [5, 5.41) is 0.322. The summed E-state index contributed by atoms with van der Waals surface area (Å²) in [6.45, 7) is 0. The molecule has 2 rings (SSSR count). The van der Waals surface area contributed by atoms with E-state index in [-0.39, 0.29) is 5.56 Å². The number of hydrogen-bond donors (Lipinski definition) is 0. The SMILES string of the molecule is Fc1cc(Br)cc(F)c1-c1ccccc1Cl. The van der Waals surface area contributed by atoms with Crippen LogP contribution in [-0.2, 0) is 0 Å². The van der Waals surface area contributed by atoms with E-state index in [9.17, 15) is 8.78 Å². The molecule has 2 aromatic rings. The van der Waals surface area contributed by atoms with Crippen molar-refractivity contribution in [2.75, 3.05) is 0 Å². The topological polar surface area (TPSA) is 0 Å². The van der Waals surface area contributed by atoms with Crippen LogP contribution in [0.25, 0.3) is 11.1 Å². The van der Waals surface area contributed by atoms with Crippen LogP contribution in [0, 0.1) is 11.6 Å². The molecule has 16 heavy (non-hydrogen) atoms. The molecule has 0 aromatic heterocycles. The lowest BCUT2D eigenvalue weighted by Gasteiger charge is -2.07. The number of rotatable bonds is 1. The Balaban J connectivity index is 2.70. The molecule has 0 nitrogen and oxygen atoms in total. The summed E-state index contributed by atoms with van der Waals surface area (Å²) < 4.78 is 27.7. The Morgan fingerprint density at radius 2 is 1.56 bits per heavy atom. The largest absolute Gasteiger partial charge is 0.206 e. The highest BCUT2D eigenvalue weighted by molar-refractivity contribution is 9.10. The molecule has 0 aliphatic carbocycles. The molecule has 0 atom stereocenters. The highest BCUT2D eigenvalue weighted by Gasteiger charge is 2.14. The van der Waals surface area contributed by atoms with Crippen LogP contribution in [0.4, 0.5) is 8.78 Å². The van der Waals surface area contributed by atoms with Gasteiger partial charge in [-0.1, -0.05) is 45.7 Å². The maximum absolute atomic E-state index is 13.6. The zero-order chi connectivity index (χ0) is 11.7. The fourth-order valence-corrected chi connectivity index (χ4v) is 2.10. The van der Waals surface area contributed by atoms with Gasteiger partial charge in [0, 0.05) is 15.1 Å². The first-order valence-corrected chi connectivity index (χ1v) is 5.66. The smallest absolute Gasteiger partial charge is 0.135 e. The Morgan fingerprint density at radius 3 is 2.12 bits per heavy atom. The van der Waals surface area contributed by atoms with E-state index in [0.29, 0.717) is 15.1 Å². The third kappa shape index (κ3) is 2.11. The van der Waals surface area contributed by atoms with Crippen molar-refractivity contribution >= 4 is 27.5 Å². The van der Waals surface area contributed by atoms with Crippen LogP contribution in [-0.4, -0.2) is 0 Å². The summed E-state index contributed by atoms with van der Waals surface area (Å²) in [7, 11) is 0. The summed E-state index contributed by atoms with van der Waals surface area (Å²) in [5.41, 5.74) is 0.250. The first-order chi connectivity index (χ1) is 7.59. The van der Waals surface area contributed by atoms with Gasteiger partial charge < -0.3 is 0 Å². The van der Waals surface area contributed by atoms with Crippen LogP contribution in [0.15, 0.2) is 40.9 Å². The monoisotopic (exact) mass is 302 g/mol. The maximum Gasteiger partial charge on any atom is 0.135 e. The summed E-state index contributed by atoms with van der Waals surface area (Å²) in [4.78, 5) is 0. The van der Waals surface area contributed by atoms with Crippen molar-refractivity contribution in [3.05, 3.63) is 57.5 Å². The molecule has 4 heteroatoms. The maximum atomic E-state index is 13.6. The lowest BCUT2D eigenvalue weighted by atomic mass is 10.0. The molecule has 0 heterocycles. The Labute approximate surface area is 105 Å². The summed E-state index contributed by atoms with van der Waals surface area (Å²) in [5.74, 6) is -1.28. The van der Waals surface area contributed by atoms with Crippen molar-refractivity contribution < 1.29 is 8.78 Å². The van der Waals surface area contributed by atoms with E-state index in [1.54, 1.807) is 24.3 Å². The fraction of sp³-hybridized carbons (Fsp3) is 0. The van der Waals surface area contributed by atoms with Gasteiger partial charge >= 0.3 is 0 Å². The third-order valence-corrected chi connectivity index (χ3v) is 2.94. The van der Waals surface area contributed by atoms with Crippen LogP contribution in [0.3, 0.4) is 0 Å². The van der Waals surface area contributed by atoms with E-state index in [1.807, 2.05) is 0 Å². The fourth-order valence-electron chi connectivity index (χ4n) is 1.46. The van der Waals surface area contributed by atoms with E-state index >= 15 is 0 Å². The van der Waals surface area contributed by atoms with Crippen molar-refractivity contribution in [3.63, 3.8) is 0 Å². The molecule has 0 saturated heterocycles. The van der Waals surface area contributed by atoms with Crippen LogP contribution < -0.4 is 0 Å². The first-order valence-electron chi connectivity index (χ1n) is 4.49. The number of hydrogen-bond acceptors (Lipinski definition) is 0. The average molecular weight is 304 g/mol. The van der Waals surface area contributed by atoms with E-state index < -0.39 is 11.6 Å². The predicted molar refractivity (Wildman–Crippen MR) is 64.5 cm³/mol. The van der Waals surface area contributed by atoms with Crippen LogP contribution >= 0.6 is 27.5 Å². The van der Waals surface area contributed by atoms with Gasteiger partial charge in [-0.05, 0) is 18.2 Å². The number of benzene rings is 2. The van der Waals surface area contributed by atoms with Gasteiger partial charge in [0.15, 0.2) is 0 Å². The van der Waals surface area contributed by atoms with Gasteiger partial charge in [-0.25, -0.2) is 8.78 Å². The van der Waals surface area contributed by atoms with Crippen LogP contribution in [0.1, 0.15) is 0 Å². The second kappa shape index (κ2) is 4.52. The quantitative estimate of drug-likeness (QED) is 0.692. The zero-order valence-corrected chi connectivity index (χ0v) is 10.3. The molecule has 82 valence electrons. The lowest BCUT2D eigenvalue weighted by molar-refractivity contribution is 0.588. The van der Waals surface area contributed by atoms with Crippen molar-refractivity contribution in [2.24, 2.45) is 0 Å². The molecule has 0 amide bonds. The lowest BCUT2D eigenvalue weighted by Crippen LogP contribution is -1.91. The summed E-state index contributed by atoms with van der Waals surface area (Å²) in [6.07, 6.45) is 0. The van der Waals surface area contributed by atoms with Crippen molar-refractivity contribution in [2.45, 2.75) is 0 Å². The van der Waals surface area contributed by atoms with E-state index in [4.69, 9.17) is 11.6 Å². The Bertz CT molecular complexity index is 517. The minimum absolute atomic E-state index is 0.103.